The zero-order valence-electron chi connectivity index (χ0n) is 13.0. The summed E-state index contributed by atoms with van der Waals surface area (Å²) in [5.74, 6) is 1.62. The zero-order valence-corrected chi connectivity index (χ0v) is 13.0. The highest BCUT2D eigenvalue weighted by molar-refractivity contribution is 5.22. The Morgan fingerprint density at radius 3 is 2.82 bits per heavy atom. The smallest absolute Gasteiger partial charge is 0.116 e. The average molecular weight is 301 g/mol. The molecular formula is C19H24FNO. The molecule has 1 saturated heterocycles. The highest BCUT2D eigenvalue weighted by Crippen LogP contribution is 2.35. The summed E-state index contributed by atoms with van der Waals surface area (Å²) in [5.41, 5.74) is 1.16. The van der Waals surface area contributed by atoms with Gasteiger partial charge in [-0.15, -0.1) is 0 Å². The quantitative estimate of drug-likeness (QED) is 0.912. The fraction of sp³-hybridized carbons (Fsp3) is 0.474. The van der Waals surface area contributed by atoms with Crippen molar-refractivity contribution in [3.05, 3.63) is 59.9 Å². The Morgan fingerprint density at radius 1 is 1.27 bits per heavy atom. The molecule has 0 aromatic heterocycles. The number of rotatable bonds is 4. The van der Waals surface area contributed by atoms with Crippen LogP contribution < -0.4 is 5.32 Å². The molecule has 4 atom stereocenters. The molecule has 3 heteroatoms. The summed E-state index contributed by atoms with van der Waals surface area (Å²) in [6.07, 6.45) is 6.47. The second kappa shape index (κ2) is 7.10. The van der Waals surface area contributed by atoms with E-state index >= 15 is 0 Å². The van der Waals surface area contributed by atoms with Crippen LogP contribution in [-0.2, 0) is 11.3 Å². The minimum atomic E-state index is -0.744. The number of alkyl halides is 1. The number of ether oxygens (including phenoxy) is 1. The third-order valence-corrected chi connectivity index (χ3v) is 4.72. The molecule has 1 fully saturated rings. The molecule has 2 aliphatic rings. The number of benzene rings is 1. The predicted molar refractivity (Wildman–Crippen MR) is 87.0 cm³/mol. The standard InChI is InChI=1S/C19H24FNO/c1-14-11-16(22-13-15-5-3-2-4-6-15)7-8-17(14)18-9-10-21-12-19(18)20/h2-8,11,14,17-19,21H,9-10,12-13H2,1H3/t14?,17?,18-,19+/m0/s1. The van der Waals surface area contributed by atoms with Crippen LogP contribution >= 0.6 is 0 Å². The summed E-state index contributed by atoms with van der Waals surface area (Å²) in [6, 6.07) is 10.1. The van der Waals surface area contributed by atoms with Gasteiger partial charge in [-0.1, -0.05) is 43.3 Å². The van der Waals surface area contributed by atoms with Gasteiger partial charge in [0.2, 0.25) is 0 Å². The van der Waals surface area contributed by atoms with Gasteiger partial charge in [0.1, 0.15) is 18.5 Å². The first-order chi connectivity index (χ1) is 10.7. The van der Waals surface area contributed by atoms with E-state index in [1.54, 1.807) is 0 Å². The van der Waals surface area contributed by atoms with Gasteiger partial charge in [0.05, 0.1) is 0 Å². The second-order valence-electron chi connectivity index (χ2n) is 6.31. The number of hydrogen-bond acceptors (Lipinski definition) is 2. The predicted octanol–water partition coefficient (Wildman–Crippen LogP) is 3.86. The van der Waals surface area contributed by atoms with Crippen LogP contribution in [0.2, 0.25) is 0 Å². The van der Waals surface area contributed by atoms with E-state index in [1.807, 2.05) is 24.3 Å². The average Bonchev–Trinajstić information content (AvgIpc) is 2.55. The minimum absolute atomic E-state index is 0.124. The highest BCUT2D eigenvalue weighted by Gasteiger charge is 2.34. The normalized spacial score (nSPS) is 31.6. The van der Waals surface area contributed by atoms with Crippen molar-refractivity contribution in [3.63, 3.8) is 0 Å². The van der Waals surface area contributed by atoms with Crippen LogP contribution in [0, 0.1) is 17.8 Å². The van der Waals surface area contributed by atoms with Gasteiger partial charge in [0.15, 0.2) is 0 Å². The van der Waals surface area contributed by atoms with Crippen molar-refractivity contribution >= 4 is 0 Å². The van der Waals surface area contributed by atoms with Gasteiger partial charge in [0.25, 0.3) is 0 Å². The molecule has 2 unspecified atom stereocenters. The molecule has 1 heterocycles. The monoisotopic (exact) mass is 301 g/mol. The maximum Gasteiger partial charge on any atom is 0.116 e. The molecule has 0 saturated carbocycles. The van der Waals surface area contributed by atoms with Crippen LogP contribution in [0.15, 0.2) is 54.3 Å². The van der Waals surface area contributed by atoms with Gasteiger partial charge < -0.3 is 10.1 Å². The topological polar surface area (TPSA) is 21.3 Å². The summed E-state index contributed by atoms with van der Waals surface area (Å²) in [7, 11) is 0. The molecule has 1 aliphatic carbocycles. The van der Waals surface area contributed by atoms with Gasteiger partial charge in [0, 0.05) is 6.54 Å². The van der Waals surface area contributed by atoms with E-state index < -0.39 is 6.17 Å². The Bertz CT molecular complexity index is 540. The summed E-state index contributed by atoms with van der Waals surface area (Å²) >= 11 is 0. The number of hydrogen-bond donors (Lipinski definition) is 1. The largest absolute Gasteiger partial charge is 0.489 e. The molecule has 0 amide bonds. The fourth-order valence-corrected chi connectivity index (χ4v) is 3.45. The van der Waals surface area contributed by atoms with Crippen molar-refractivity contribution < 1.29 is 9.13 Å². The molecule has 0 bridgehead atoms. The number of halogens is 1. The van der Waals surface area contributed by atoms with Crippen LogP contribution in [0.4, 0.5) is 4.39 Å². The molecule has 0 radical (unpaired) electrons. The fourth-order valence-electron chi connectivity index (χ4n) is 3.45. The maximum atomic E-state index is 14.1. The van der Waals surface area contributed by atoms with E-state index in [0.717, 1.165) is 24.3 Å². The van der Waals surface area contributed by atoms with E-state index in [-0.39, 0.29) is 11.8 Å². The van der Waals surface area contributed by atoms with Crippen molar-refractivity contribution in [1.29, 1.82) is 0 Å². The molecule has 0 spiro atoms. The summed E-state index contributed by atoms with van der Waals surface area (Å²) in [5, 5.41) is 3.13. The number of allylic oxidation sites excluding steroid dienone is 3. The highest BCUT2D eigenvalue weighted by atomic mass is 19.1. The third-order valence-electron chi connectivity index (χ3n) is 4.72. The second-order valence-corrected chi connectivity index (χ2v) is 6.31. The Morgan fingerprint density at radius 2 is 2.09 bits per heavy atom. The van der Waals surface area contributed by atoms with E-state index in [0.29, 0.717) is 19.1 Å². The molecule has 22 heavy (non-hydrogen) atoms. The van der Waals surface area contributed by atoms with Crippen molar-refractivity contribution in [2.24, 2.45) is 17.8 Å². The Labute approximate surface area is 132 Å². The van der Waals surface area contributed by atoms with Crippen LogP contribution in [-0.4, -0.2) is 19.3 Å². The van der Waals surface area contributed by atoms with E-state index in [4.69, 9.17) is 4.74 Å². The lowest BCUT2D eigenvalue weighted by Crippen LogP contribution is -2.42. The van der Waals surface area contributed by atoms with E-state index in [2.05, 4.69) is 36.5 Å². The molecule has 1 aliphatic heterocycles. The maximum absolute atomic E-state index is 14.1. The van der Waals surface area contributed by atoms with Gasteiger partial charge in [-0.3, -0.25) is 0 Å². The number of nitrogens with one attached hydrogen (secondary N) is 1. The van der Waals surface area contributed by atoms with Gasteiger partial charge in [-0.2, -0.15) is 0 Å². The SMILES string of the molecule is CC1C=C(OCc2ccccc2)C=CC1[C@@H]1CCNC[C@H]1F. The van der Waals surface area contributed by atoms with Crippen molar-refractivity contribution in [1.82, 2.24) is 5.32 Å². The lowest BCUT2D eigenvalue weighted by atomic mass is 9.75. The number of piperidine rings is 1. The Kier molecular flexibility index (Phi) is 4.94. The van der Waals surface area contributed by atoms with Crippen molar-refractivity contribution in [3.8, 4) is 0 Å². The first kappa shape index (κ1) is 15.3. The van der Waals surface area contributed by atoms with Crippen LogP contribution in [0.25, 0.3) is 0 Å². The van der Waals surface area contributed by atoms with E-state index in [1.165, 1.54) is 0 Å². The van der Waals surface area contributed by atoms with E-state index in [9.17, 15) is 4.39 Å². The molecule has 118 valence electrons. The Hall–Kier alpha value is -1.61. The molecule has 1 N–H and O–H groups in total. The molecular weight excluding hydrogens is 277 g/mol. The first-order valence-electron chi connectivity index (χ1n) is 8.15. The van der Waals surface area contributed by atoms with Gasteiger partial charge in [-0.25, -0.2) is 4.39 Å². The van der Waals surface area contributed by atoms with Gasteiger partial charge >= 0.3 is 0 Å². The van der Waals surface area contributed by atoms with Crippen LogP contribution in [0.3, 0.4) is 0 Å². The molecule has 3 rings (SSSR count). The van der Waals surface area contributed by atoms with Crippen LogP contribution in [0.5, 0.6) is 0 Å². The summed E-state index contributed by atoms with van der Waals surface area (Å²) < 4.78 is 20.0. The Balaban J connectivity index is 1.58. The molecule has 1 aromatic rings. The molecule has 1 aromatic carbocycles. The van der Waals surface area contributed by atoms with Crippen molar-refractivity contribution in [2.45, 2.75) is 26.1 Å². The van der Waals surface area contributed by atoms with Crippen molar-refractivity contribution in [2.75, 3.05) is 13.1 Å². The zero-order chi connectivity index (χ0) is 15.4. The lowest BCUT2D eigenvalue weighted by molar-refractivity contribution is 0.124. The van der Waals surface area contributed by atoms with Crippen LogP contribution in [0.1, 0.15) is 18.9 Å². The summed E-state index contributed by atoms with van der Waals surface area (Å²) in [4.78, 5) is 0. The third kappa shape index (κ3) is 3.58. The summed E-state index contributed by atoms with van der Waals surface area (Å²) in [6.45, 7) is 4.15. The molecule has 2 nitrogen and oxygen atoms in total. The lowest BCUT2D eigenvalue weighted by Gasteiger charge is -2.35. The first-order valence-corrected chi connectivity index (χ1v) is 8.15. The minimum Gasteiger partial charge on any atom is -0.489 e. The van der Waals surface area contributed by atoms with Gasteiger partial charge in [-0.05, 0) is 48.4 Å².